The Morgan fingerprint density at radius 1 is 1.37 bits per heavy atom. The van der Waals surface area contributed by atoms with Crippen LogP contribution in [0.2, 0.25) is 0 Å². The van der Waals surface area contributed by atoms with Crippen molar-refractivity contribution in [1.29, 1.82) is 0 Å². The van der Waals surface area contributed by atoms with E-state index in [1.165, 1.54) is 35.9 Å². The molecule has 1 aromatic heterocycles. The summed E-state index contributed by atoms with van der Waals surface area (Å²) in [6, 6.07) is 0.367. The molecule has 19 heavy (non-hydrogen) atoms. The molecular weight excluding hydrogens is 280 g/mol. The van der Waals surface area contributed by atoms with E-state index in [9.17, 15) is 4.79 Å². The molecular formula is C12H20N4OS2. The van der Waals surface area contributed by atoms with Gasteiger partial charge in [-0.1, -0.05) is 30.0 Å². The Balaban J connectivity index is 1.69. The fourth-order valence-electron chi connectivity index (χ4n) is 2.17. The van der Waals surface area contributed by atoms with Crippen molar-refractivity contribution in [3.8, 4) is 0 Å². The Morgan fingerprint density at radius 3 is 2.74 bits per heavy atom. The quantitative estimate of drug-likeness (QED) is 0.817. The number of anilines is 1. The maximum Gasteiger partial charge on any atom is 0.230 e. The molecule has 1 aromatic rings. The molecule has 0 unspecified atom stereocenters. The zero-order valence-corrected chi connectivity index (χ0v) is 12.9. The number of amides is 1. The number of rotatable bonds is 5. The molecule has 5 nitrogen and oxygen atoms in total. The van der Waals surface area contributed by atoms with E-state index in [-0.39, 0.29) is 5.91 Å². The van der Waals surface area contributed by atoms with E-state index < -0.39 is 0 Å². The lowest BCUT2D eigenvalue weighted by atomic mass is 9.87. The van der Waals surface area contributed by atoms with Gasteiger partial charge in [0, 0.05) is 13.1 Å². The van der Waals surface area contributed by atoms with E-state index in [0.717, 1.165) is 28.2 Å². The molecule has 1 aliphatic carbocycles. The summed E-state index contributed by atoms with van der Waals surface area (Å²) in [5, 5.41) is 14.8. The maximum absolute atomic E-state index is 11.9. The van der Waals surface area contributed by atoms with Crippen LogP contribution in [0.1, 0.15) is 32.6 Å². The summed E-state index contributed by atoms with van der Waals surface area (Å²) in [5.41, 5.74) is 0. The highest BCUT2D eigenvalue weighted by Crippen LogP contribution is 2.26. The summed E-state index contributed by atoms with van der Waals surface area (Å²) >= 11 is 2.92. The normalized spacial score (nSPS) is 23.1. The molecule has 0 saturated heterocycles. The van der Waals surface area contributed by atoms with E-state index in [1.807, 2.05) is 7.05 Å². The summed E-state index contributed by atoms with van der Waals surface area (Å²) in [6.45, 7) is 2.28. The third kappa shape index (κ3) is 4.65. The summed E-state index contributed by atoms with van der Waals surface area (Å²) < 4.78 is 0.830. The van der Waals surface area contributed by atoms with Gasteiger partial charge in [-0.05, 0) is 31.6 Å². The fraction of sp³-hybridized carbons (Fsp3) is 0.750. The van der Waals surface area contributed by atoms with Crippen molar-refractivity contribution in [2.24, 2.45) is 5.92 Å². The predicted octanol–water partition coefficient (Wildman–Crippen LogP) is 2.37. The van der Waals surface area contributed by atoms with Crippen LogP contribution in [0.15, 0.2) is 4.34 Å². The highest BCUT2D eigenvalue weighted by atomic mass is 32.2. The van der Waals surface area contributed by atoms with Crippen LogP contribution in [0.25, 0.3) is 0 Å². The molecule has 0 bridgehead atoms. The van der Waals surface area contributed by atoms with E-state index in [1.54, 1.807) is 0 Å². The zero-order valence-electron chi connectivity index (χ0n) is 11.3. The number of nitrogens with one attached hydrogen (secondary N) is 2. The van der Waals surface area contributed by atoms with Gasteiger partial charge in [0.15, 0.2) is 4.34 Å². The van der Waals surface area contributed by atoms with Gasteiger partial charge in [-0.3, -0.25) is 4.79 Å². The lowest BCUT2D eigenvalue weighted by Crippen LogP contribution is -2.38. The van der Waals surface area contributed by atoms with Gasteiger partial charge in [0.25, 0.3) is 0 Å². The largest absolute Gasteiger partial charge is 0.363 e. The van der Waals surface area contributed by atoms with Gasteiger partial charge >= 0.3 is 0 Å². The highest BCUT2D eigenvalue weighted by Gasteiger charge is 2.19. The van der Waals surface area contributed by atoms with Crippen molar-refractivity contribution in [1.82, 2.24) is 15.5 Å². The SMILES string of the molecule is CNc1nnc(SCC(=O)NC2CCC(C)CC2)s1. The van der Waals surface area contributed by atoms with Gasteiger partial charge in [0.05, 0.1) is 5.75 Å². The summed E-state index contributed by atoms with van der Waals surface area (Å²) in [4.78, 5) is 11.9. The number of hydrogen-bond acceptors (Lipinski definition) is 6. The lowest BCUT2D eigenvalue weighted by molar-refractivity contribution is -0.119. The monoisotopic (exact) mass is 300 g/mol. The number of hydrogen-bond donors (Lipinski definition) is 2. The van der Waals surface area contributed by atoms with Crippen molar-refractivity contribution >= 4 is 34.1 Å². The highest BCUT2D eigenvalue weighted by molar-refractivity contribution is 8.01. The molecule has 2 rings (SSSR count). The third-order valence-corrected chi connectivity index (χ3v) is 5.40. The molecule has 7 heteroatoms. The number of thioether (sulfide) groups is 1. The van der Waals surface area contributed by atoms with E-state index in [2.05, 4.69) is 27.8 Å². The minimum atomic E-state index is 0.103. The molecule has 2 N–H and O–H groups in total. The van der Waals surface area contributed by atoms with Crippen LogP contribution in [0.5, 0.6) is 0 Å². The Labute approximate surface area is 122 Å². The molecule has 0 atom stereocenters. The number of carbonyl (C=O) groups excluding carboxylic acids is 1. The van der Waals surface area contributed by atoms with E-state index >= 15 is 0 Å². The predicted molar refractivity (Wildman–Crippen MR) is 79.7 cm³/mol. The molecule has 106 valence electrons. The zero-order chi connectivity index (χ0) is 13.7. The average Bonchev–Trinajstić information content (AvgIpc) is 2.87. The fourth-order valence-corrected chi connectivity index (χ4v) is 3.69. The topological polar surface area (TPSA) is 66.9 Å². The van der Waals surface area contributed by atoms with Crippen LogP contribution in [0.3, 0.4) is 0 Å². The minimum absolute atomic E-state index is 0.103. The second-order valence-corrected chi connectivity index (χ2v) is 7.14. The van der Waals surface area contributed by atoms with Crippen molar-refractivity contribution in [2.45, 2.75) is 43.0 Å². The third-order valence-electron chi connectivity index (χ3n) is 3.33. The number of nitrogens with zero attached hydrogens (tertiary/aromatic N) is 2. The van der Waals surface area contributed by atoms with Crippen molar-refractivity contribution in [3.63, 3.8) is 0 Å². The van der Waals surface area contributed by atoms with Gasteiger partial charge < -0.3 is 10.6 Å². The lowest BCUT2D eigenvalue weighted by Gasteiger charge is -2.26. The molecule has 1 amide bonds. The number of carbonyl (C=O) groups is 1. The van der Waals surface area contributed by atoms with Crippen LogP contribution in [-0.4, -0.2) is 34.9 Å². The molecule has 1 aliphatic rings. The first-order valence-electron chi connectivity index (χ1n) is 6.60. The first-order valence-corrected chi connectivity index (χ1v) is 8.41. The van der Waals surface area contributed by atoms with Gasteiger partial charge in [-0.15, -0.1) is 10.2 Å². The Bertz CT molecular complexity index is 416. The van der Waals surface area contributed by atoms with Gasteiger partial charge in [0.1, 0.15) is 0 Å². The van der Waals surface area contributed by atoms with Gasteiger partial charge in [-0.25, -0.2) is 0 Å². The van der Waals surface area contributed by atoms with Gasteiger partial charge in [-0.2, -0.15) is 0 Å². The molecule has 0 aliphatic heterocycles. The second-order valence-electron chi connectivity index (χ2n) is 4.94. The minimum Gasteiger partial charge on any atom is -0.363 e. The standard InChI is InChI=1S/C12H20N4OS2/c1-8-3-5-9(6-4-8)14-10(17)7-18-12-16-15-11(13-2)19-12/h8-9H,3-7H2,1-2H3,(H,13,15)(H,14,17). The number of aromatic nitrogens is 2. The van der Waals surface area contributed by atoms with Crippen LogP contribution in [0, 0.1) is 5.92 Å². The van der Waals surface area contributed by atoms with Crippen LogP contribution >= 0.6 is 23.1 Å². The second kappa shape index (κ2) is 7.09. The van der Waals surface area contributed by atoms with Gasteiger partial charge in [0.2, 0.25) is 11.0 Å². The molecule has 1 fully saturated rings. The molecule has 1 saturated carbocycles. The molecule has 1 heterocycles. The first kappa shape index (κ1) is 14.6. The van der Waals surface area contributed by atoms with Crippen molar-refractivity contribution in [3.05, 3.63) is 0 Å². The molecule has 0 spiro atoms. The average molecular weight is 300 g/mol. The van der Waals surface area contributed by atoms with E-state index in [0.29, 0.717) is 11.8 Å². The molecule has 0 radical (unpaired) electrons. The van der Waals surface area contributed by atoms with E-state index in [4.69, 9.17) is 0 Å². The smallest absolute Gasteiger partial charge is 0.230 e. The Morgan fingerprint density at radius 2 is 2.11 bits per heavy atom. The summed E-state index contributed by atoms with van der Waals surface area (Å²) in [6.07, 6.45) is 4.67. The Kier molecular flexibility index (Phi) is 5.45. The van der Waals surface area contributed by atoms with Crippen LogP contribution in [-0.2, 0) is 4.79 Å². The van der Waals surface area contributed by atoms with Crippen molar-refractivity contribution < 1.29 is 4.79 Å². The summed E-state index contributed by atoms with van der Waals surface area (Å²) in [7, 11) is 1.81. The summed E-state index contributed by atoms with van der Waals surface area (Å²) in [5.74, 6) is 1.33. The van der Waals surface area contributed by atoms with Crippen molar-refractivity contribution in [2.75, 3.05) is 18.1 Å². The Hall–Kier alpha value is -0.820. The van der Waals surface area contributed by atoms with Crippen LogP contribution in [0.4, 0.5) is 5.13 Å². The maximum atomic E-state index is 11.9. The molecule has 0 aromatic carbocycles. The first-order chi connectivity index (χ1) is 9.17. The van der Waals surface area contributed by atoms with Crippen LogP contribution < -0.4 is 10.6 Å².